The maximum Gasteiger partial charge on any atom is 0.221 e. The summed E-state index contributed by atoms with van der Waals surface area (Å²) in [6.45, 7) is 0. The molecule has 24 heavy (non-hydrogen) atoms. The molecule has 2 aromatic carbocycles. The third-order valence-corrected chi connectivity index (χ3v) is 4.87. The van der Waals surface area contributed by atoms with E-state index in [9.17, 15) is 9.90 Å². The molecule has 1 atom stereocenters. The molecule has 0 spiro atoms. The van der Waals surface area contributed by atoms with Gasteiger partial charge in [-0.05, 0) is 24.5 Å². The quantitative estimate of drug-likeness (QED) is 0.859. The van der Waals surface area contributed by atoms with E-state index in [-0.39, 0.29) is 17.6 Å². The first kappa shape index (κ1) is 16.6. The van der Waals surface area contributed by atoms with Gasteiger partial charge in [0, 0.05) is 23.9 Å². The number of rotatable bonds is 5. The zero-order valence-corrected chi connectivity index (χ0v) is 13.9. The molecule has 0 bridgehead atoms. The Hall–Kier alpha value is -2.29. The third-order valence-electron chi connectivity index (χ3n) is 4.87. The van der Waals surface area contributed by atoms with Gasteiger partial charge in [0.2, 0.25) is 5.91 Å². The van der Waals surface area contributed by atoms with Crippen LogP contribution in [0, 0.1) is 0 Å². The van der Waals surface area contributed by atoms with Gasteiger partial charge in [-0.25, -0.2) is 0 Å². The largest absolute Gasteiger partial charge is 0.508 e. The van der Waals surface area contributed by atoms with Crippen molar-refractivity contribution in [1.29, 1.82) is 0 Å². The maximum atomic E-state index is 12.6. The molecular formula is C21H25NO2. The van der Waals surface area contributed by atoms with Gasteiger partial charge in [-0.2, -0.15) is 0 Å². The number of phenolic OH excluding ortho intramolecular Hbond substituents is 1. The molecule has 2 aromatic rings. The van der Waals surface area contributed by atoms with Gasteiger partial charge in [0.15, 0.2) is 0 Å². The fourth-order valence-corrected chi connectivity index (χ4v) is 3.59. The highest BCUT2D eigenvalue weighted by atomic mass is 16.3. The van der Waals surface area contributed by atoms with Gasteiger partial charge in [0.1, 0.15) is 5.75 Å². The van der Waals surface area contributed by atoms with Crippen LogP contribution in [-0.2, 0) is 4.79 Å². The number of aromatic hydroxyl groups is 1. The van der Waals surface area contributed by atoms with E-state index in [1.165, 1.54) is 19.3 Å². The van der Waals surface area contributed by atoms with Gasteiger partial charge in [-0.3, -0.25) is 4.79 Å². The zero-order valence-electron chi connectivity index (χ0n) is 13.9. The van der Waals surface area contributed by atoms with Crippen molar-refractivity contribution in [3.05, 3.63) is 65.7 Å². The number of nitrogens with one attached hydrogen (secondary N) is 1. The lowest BCUT2D eigenvalue weighted by Gasteiger charge is -2.25. The van der Waals surface area contributed by atoms with E-state index in [1.54, 1.807) is 6.07 Å². The van der Waals surface area contributed by atoms with Crippen LogP contribution in [-0.4, -0.2) is 17.1 Å². The van der Waals surface area contributed by atoms with Crippen molar-refractivity contribution in [2.45, 2.75) is 50.5 Å². The number of phenols is 1. The van der Waals surface area contributed by atoms with E-state index >= 15 is 0 Å². The maximum absolute atomic E-state index is 12.6. The molecule has 1 saturated carbocycles. The Balaban J connectivity index is 1.77. The molecule has 0 aromatic heterocycles. The molecule has 2 N–H and O–H groups in total. The van der Waals surface area contributed by atoms with Crippen molar-refractivity contribution >= 4 is 5.91 Å². The molecule has 0 saturated heterocycles. The van der Waals surface area contributed by atoms with Gasteiger partial charge < -0.3 is 10.4 Å². The Morgan fingerprint density at radius 1 is 1.00 bits per heavy atom. The second-order valence-corrected chi connectivity index (χ2v) is 6.63. The summed E-state index contributed by atoms with van der Waals surface area (Å²) in [4.78, 5) is 12.6. The Morgan fingerprint density at radius 2 is 1.67 bits per heavy atom. The second-order valence-electron chi connectivity index (χ2n) is 6.63. The van der Waals surface area contributed by atoms with Crippen LogP contribution in [0.15, 0.2) is 54.6 Å². The molecule has 1 aliphatic rings. The number of carbonyl (C=O) groups excluding carboxylic acids is 1. The fourth-order valence-electron chi connectivity index (χ4n) is 3.59. The summed E-state index contributed by atoms with van der Waals surface area (Å²) in [6, 6.07) is 17.6. The van der Waals surface area contributed by atoms with Crippen LogP contribution in [0.3, 0.4) is 0 Å². The minimum atomic E-state index is -0.129. The molecule has 0 unspecified atom stereocenters. The van der Waals surface area contributed by atoms with Crippen molar-refractivity contribution in [3.8, 4) is 5.75 Å². The normalized spacial score (nSPS) is 16.5. The van der Waals surface area contributed by atoms with Crippen LogP contribution in [0.5, 0.6) is 5.75 Å². The van der Waals surface area contributed by atoms with Crippen molar-refractivity contribution in [3.63, 3.8) is 0 Å². The lowest BCUT2D eigenvalue weighted by Crippen LogP contribution is -2.36. The first-order chi connectivity index (χ1) is 11.7. The molecule has 3 rings (SSSR count). The van der Waals surface area contributed by atoms with Gasteiger partial charge >= 0.3 is 0 Å². The first-order valence-corrected chi connectivity index (χ1v) is 8.86. The average Bonchev–Trinajstić information content (AvgIpc) is 2.62. The van der Waals surface area contributed by atoms with Gasteiger partial charge in [0.25, 0.3) is 0 Å². The highest BCUT2D eigenvalue weighted by Crippen LogP contribution is 2.33. The van der Waals surface area contributed by atoms with E-state index < -0.39 is 0 Å². The average molecular weight is 323 g/mol. The lowest BCUT2D eigenvalue weighted by molar-refractivity contribution is -0.122. The number of amides is 1. The summed E-state index contributed by atoms with van der Waals surface area (Å²) in [5.41, 5.74) is 1.86. The minimum absolute atomic E-state index is 0.0685. The van der Waals surface area contributed by atoms with Crippen LogP contribution >= 0.6 is 0 Å². The third kappa shape index (κ3) is 4.16. The summed E-state index contributed by atoms with van der Waals surface area (Å²) < 4.78 is 0. The van der Waals surface area contributed by atoms with Gasteiger partial charge in [0.05, 0.1) is 0 Å². The van der Waals surface area contributed by atoms with E-state index in [4.69, 9.17) is 0 Å². The fraction of sp³-hybridized carbons (Fsp3) is 0.381. The summed E-state index contributed by atoms with van der Waals surface area (Å²) in [7, 11) is 0. The monoisotopic (exact) mass is 323 g/mol. The summed E-state index contributed by atoms with van der Waals surface area (Å²) in [5, 5.41) is 13.4. The molecule has 1 fully saturated rings. The van der Waals surface area contributed by atoms with Crippen molar-refractivity contribution in [2.24, 2.45) is 0 Å². The molecule has 3 heteroatoms. The Morgan fingerprint density at radius 3 is 2.38 bits per heavy atom. The minimum Gasteiger partial charge on any atom is -0.508 e. The second kappa shape index (κ2) is 8.00. The standard InChI is InChI=1S/C21H25NO2/c23-20-14-8-7-13-18(20)19(16-9-3-1-4-10-16)15-21(24)22-17-11-5-2-6-12-17/h1,3-4,7-10,13-14,17,19,23H,2,5-6,11-12,15H2,(H,22,24)/t19-/m1/s1. The van der Waals surface area contributed by atoms with Crippen LogP contribution in [0.2, 0.25) is 0 Å². The molecule has 1 amide bonds. The smallest absolute Gasteiger partial charge is 0.221 e. The van der Waals surface area contributed by atoms with Crippen LogP contribution < -0.4 is 5.32 Å². The highest BCUT2D eigenvalue weighted by Gasteiger charge is 2.23. The molecule has 0 heterocycles. The van der Waals surface area contributed by atoms with Crippen LogP contribution in [0.4, 0.5) is 0 Å². The first-order valence-electron chi connectivity index (χ1n) is 8.86. The highest BCUT2D eigenvalue weighted by molar-refractivity contribution is 5.78. The van der Waals surface area contributed by atoms with Crippen LogP contribution in [0.1, 0.15) is 55.6 Å². The molecule has 0 aliphatic heterocycles. The summed E-state index contributed by atoms with van der Waals surface area (Å²) in [6.07, 6.45) is 6.20. The molecular weight excluding hydrogens is 298 g/mol. The van der Waals surface area contributed by atoms with E-state index in [1.807, 2.05) is 48.5 Å². The van der Waals surface area contributed by atoms with E-state index in [0.29, 0.717) is 12.5 Å². The predicted molar refractivity (Wildman–Crippen MR) is 96.0 cm³/mol. The predicted octanol–water partition coefficient (Wildman–Crippen LogP) is 4.36. The topological polar surface area (TPSA) is 49.3 Å². The molecule has 0 radical (unpaired) electrons. The summed E-state index contributed by atoms with van der Waals surface area (Å²) in [5.74, 6) is 0.187. The molecule has 3 nitrogen and oxygen atoms in total. The van der Waals surface area contributed by atoms with Crippen molar-refractivity contribution < 1.29 is 9.90 Å². The number of para-hydroxylation sites is 1. The van der Waals surface area contributed by atoms with E-state index in [2.05, 4.69) is 5.32 Å². The molecule has 126 valence electrons. The summed E-state index contributed by atoms with van der Waals surface area (Å²) >= 11 is 0. The molecule has 1 aliphatic carbocycles. The number of carbonyl (C=O) groups is 1. The lowest BCUT2D eigenvalue weighted by atomic mass is 9.87. The van der Waals surface area contributed by atoms with Gasteiger partial charge in [-0.1, -0.05) is 67.8 Å². The SMILES string of the molecule is O=C(C[C@H](c1ccccc1)c1ccccc1O)NC1CCCCC1. The number of benzene rings is 2. The van der Waals surface area contributed by atoms with Crippen LogP contribution in [0.25, 0.3) is 0 Å². The van der Waals surface area contributed by atoms with Gasteiger partial charge in [-0.15, -0.1) is 0 Å². The van der Waals surface area contributed by atoms with E-state index in [0.717, 1.165) is 24.0 Å². The number of hydrogen-bond acceptors (Lipinski definition) is 2. The Bertz CT molecular complexity index is 663. The van der Waals surface area contributed by atoms with Crippen molar-refractivity contribution in [1.82, 2.24) is 5.32 Å². The Kier molecular flexibility index (Phi) is 5.52. The van der Waals surface area contributed by atoms with Crippen molar-refractivity contribution in [2.75, 3.05) is 0 Å². The number of hydrogen-bond donors (Lipinski definition) is 2. The Labute approximate surface area is 143 Å². The zero-order chi connectivity index (χ0) is 16.8.